The lowest BCUT2D eigenvalue weighted by molar-refractivity contribution is 0.619. The van der Waals surface area contributed by atoms with Crippen molar-refractivity contribution in [1.29, 1.82) is 0 Å². The van der Waals surface area contributed by atoms with Crippen molar-refractivity contribution in [1.82, 2.24) is 4.98 Å². The highest BCUT2D eigenvalue weighted by atomic mass is 16.3. The fourth-order valence-electron chi connectivity index (χ4n) is 5.64. The van der Waals surface area contributed by atoms with Crippen molar-refractivity contribution in [3.63, 3.8) is 0 Å². The Labute approximate surface area is 215 Å². The summed E-state index contributed by atoms with van der Waals surface area (Å²) in [6, 6.07) is 40.8. The number of oxazole rings is 1. The number of hydrogen-bond acceptors (Lipinski definition) is 2. The Morgan fingerprint density at radius 2 is 1.03 bits per heavy atom. The van der Waals surface area contributed by atoms with Gasteiger partial charge < -0.3 is 4.42 Å². The lowest BCUT2D eigenvalue weighted by Crippen LogP contribution is -1.94. The molecule has 0 unspecified atom stereocenters. The van der Waals surface area contributed by atoms with Crippen LogP contribution in [0.3, 0.4) is 0 Å². The molecule has 0 saturated carbocycles. The van der Waals surface area contributed by atoms with Gasteiger partial charge in [0.15, 0.2) is 5.58 Å². The first-order valence-electron chi connectivity index (χ1n) is 12.7. The molecule has 0 saturated heterocycles. The van der Waals surface area contributed by atoms with Crippen molar-refractivity contribution < 1.29 is 4.42 Å². The van der Waals surface area contributed by atoms with E-state index in [0.717, 1.165) is 22.2 Å². The van der Waals surface area contributed by atoms with E-state index in [1.807, 2.05) is 24.3 Å². The second-order valence-corrected chi connectivity index (χ2v) is 9.68. The number of aryl methyl sites for hydroxylation is 2. The molecule has 0 atom stereocenters. The minimum atomic E-state index is 0.669. The first-order chi connectivity index (χ1) is 18.2. The summed E-state index contributed by atoms with van der Waals surface area (Å²) in [5.74, 6) is 0.669. The van der Waals surface area contributed by atoms with Gasteiger partial charge in [0.05, 0.1) is 0 Å². The average molecular weight is 476 g/mol. The molecule has 37 heavy (non-hydrogen) atoms. The van der Waals surface area contributed by atoms with E-state index in [1.165, 1.54) is 49.4 Å². The number of rotatable bonds is 3. The molecular formula is C35H25NO. The largest absolute Gasteiger partial charge is 0.436 e. The highest BCUT2D eigenvalue weighted by Gasteiger charge is 2.19. The molecule has 1 aromatic heterocycles. The molecule has 2 heteroatoms. The third kappa shape index (κ3) is 3.45. The molecule has 7 aromatic rings. The molecule has 0 aliphatic carbocycles. The summed E-state index contributed by atoms with van der Waals surface area (Å²) in [7, 11) is 0. The fraction of sp³-hybridized carbons (Fsp3) is 0.0571. The van der Waals surface area contributed by atoms with Crippen LogP contribution in [-0.4, -0.2) is 4.98 Å². The second kappa shape index (κ2) is 8.46. The zero-order valence-corrected chi connectivity index (χ0v) is 20.8. The first kappa shape index (κ1) is 21.6. The lowest BCUT2D eigenvalue weighted by atomic mass is 9.84. The number of nitrogens with zero attached hydrogens (tertiary/aromatic N) is 1. The van der Waals surface area contributed by atoms with Crippen molar-refractivity contribution in [2.24, 2.45) is 0 Å². The standard InChI is InChI=1S/C35H25NO/c1-22-21-30(35-36-31-18-10-11-19-32(31)37-35)23(2)20-29(22)34-27-16-8-6-14-25(27)33(24-12-4-3-5-13-24)26-15-7-9-17-28(26)34/h3-21H,1-2H3. The van der Waals surface area contributed by atoms with E-state index in [0.29, 0.717) is 5.89 Å². The predicted octanol–water partition coefficient (Wildman–Crippen LogP) is 9.75. The van der Waals surface area contributed by atoms with Gasteiger partial charge in [-0.15, -0.1) is 0 Å². The quantitative estimate of drug-likeness (QED) is 0.238. The van der Waals surface area contributed by atoms with Crippen LogP contribution in [0.15, 0.2) is 120 Å². The van der Waals surface area contributed by atoms with Crippen molar-refractivity contribution in [2.75, 3.05) is 0 Å². The molecular weight excluding hydrogens is 450 g/mol. The van der Waals surface area contributed by atoms with E-state index in [4.69, 9.17) is 9.40 Å². The Morgan fingerprint density at radius 1 is 0.514 bits per heavy atom. The van der Waals surface area contributed by atoms with E-state index >= 15 is 0 Å². The average Bonchev–Trinajstić information content (AvgIpc) is 3.37. The zero-order valence-electron chi connectivity index (χ0n) is 20.8. The topological polar surface area (TPSA) is 26.0 Å². The highest BCUT2D eigenvalue weighted by molar-refractivity contribution is 6.21. The summed E-state index contributed by atoms with van der Waals surface area (Å²) >= 11 is 0. The Bertz CT molecular complexity index is 1860. The zero-order chi connectivity index (χ0) is 24.9. The Kier molecular flexibility index (Phi) is 4.93. The van der Waals surface area contributed by atoms with Crippen LogP contribution in [0, 0.1) is 13.8 Å². The molecule has 0 radical (unpaired) electrons. The van der Waals surface area contributed by atoms with Crippen LogP contribution in [0.1, 0.15) is 11.1 Å². The molecule has 0 bridgehead atoms. The maximum atomic E-state index is 6.13. The van der Waals surface area contributed by atoms with Gasteiger partial charge in [-0.05, 0) is 87.0 Å². The highest BCUT2D eigenvalue weighted by Crippen LogP contribution is 2.45. The molecule has 0 aliphatic heterocycles. The molecule has 7 rings (SSSR count). The van der Waals surface area contributed by atoms with Gasteiger partial charge in [0.2, 0.25) is 5.89 Å². The van der Waals surface area contributed by atoms with Crippen molar-refractivity contribution >= 4 is 32.6 Å². The van der Waals surface area contributed by atoms with Gasteiger partial charge in [0, 0.05) is 5.56 Å². The van der Waals surface area contributed by atoms with Crippen LogP contribution < -0.4 is 0 Å². The Hall–Kier alpha value is -4.69. The summed E-state index contributed by atoms with van der Waals surface area (Å²) in [6.45, 7) is 4.34. The van der Waals surface area contributed by atoms with Crippen LogP contribution in [0.2, 0.25) is 0 Å². The van der Waals surface area contributed by atoms with Crippen LogP contribution in [-0.2, 0) is 0 Å². The van der Waals surface area contributed by atoms with Crippen LogP contribution in [0.4, 0.5) is 0 Å². The second-order valence-electron chi connectivity index (χ2n) is 9.68. The summed E-state index contributed by atoms with van der Waals surface area (Å²) in [5, 5.41) is 5.05. The monoisotopic (exact) mass is 475 g/mol. The summed E-state index contributed by atoms with van der Waals surface area (Å²) in [4.78, 5) is 4.77. The maximum absolute atomic E-state index is 6.13. The number of hydrogen-bond donors (Lipinski definition) is 0. The minimum Gasteiger partial charge on any atom is -0.436 e. The molecule has 0 spiro atoms. The van der Waals surface area contributed by atoms with Gasteiger partial charge in [0.25, 0.3) is 0 Å². The molecule has 0 amide bonds. The third-order valence-electron chi connectivity index (χ3n) is 7.36. The SMILES string of the molecule is Cc1cc(-c2c3ccccc3c(-c3ccccc3)c3ccccc23)c(C)cc1-c1nc2ccccc2o1. The van der Waals surface area contributed by atoms with Gasteiger partial charge in [-0.1, -0.05) is 97.1 Å². The lowest BCUT2D eigenvalue weighted by Gasteiger charge is -2.19. The van der Waals surface area contributed by atoms with E-state index in [1.54, 1.807) is 0 Å². The van der Waals surface area contributed by atoms with Gasteiger partial charge in [-0.2, -0.15) is 0 Å². The maximum Gasteiger partial charge on any atom is 0.227 e. The predicted molar refractivity (Wildman–Crippen MR) is 155 cm³/mol. The number of para-hydroxylation sites is 2. The van der Waals surface area contributed by atoms with Crippen LogP contribution >= 0.6 is 0 Å². The minimum absolute atomic E-state index is 0.669. The van der Waals surface area contributed by atoms with Crippen molar-refractivity contribution in [2.45, 2.75) is 13.8 Å². The third-order valence-corrected chi connectivity index (χ3v) is 7.36. The molecule has 1 heterocycles. The van der Waals surface area contributed by atoms with E-state index in [-0.39, 0.29) is 0 Å². The van der Waals surface area contributed by atoms with Gasteiger partial charge >= 0.3 is 0 Å². The Morgan fingerprint density at radius 3 is 1.68 bits per heavy atom. The van der Waals surface area contributed by atoms with E-state index in [9.17, 15) is 0 Å². The van der Waals surface area contributed by atoms with E-state index in [2.05, 4.69) is 105 Å². The van der Waals surface area contributed by atoms with Crippen LogP contribution in [0.25, 0.3) is 66.4 Å². The molecule has 6 aromatic carbocycles. The van der Waals surface area contributed by atoms with Crippen molar-refractivity contribution in [3.8, 4) is 33.7 Å². The van der Waals surface area contributed by atoms with Gasteiger partial charge in [-0.3, -0.25) is 0 Å². The Balaban J connectivity index is 1.52. The van der Waals surface area contributed by atoms with Crippen molar-refractivity contribution in [3.05, 3.63) is 126 Å². The van der Waals surface area contributed by atoms with Gasteiger partial charge in [-0.25, -0.2) is 4.98 Å². The smallest absolute Gasteiger partial charge is 0.227 e. The molecule has 0 fully saturated rings. The molecule has 0 N–H and O–H groups in total. The number of fused-ring (bicyclic) bond motifs is 3. The molecule has 0 aliphatic rings. The molecule has 176 valence electrons. The van der Waals surface area contributed by atoms with Crippen LogP contribution in [0.5, 0.6) is 0 Å². The van der Waals surface area contributed by atoms with Gasteiger partial charge in [0.1, 0.15) is 5.52 Å². The normalized spacial score (nSPS) is 11.5. The number of benzene rings is 6. The van der Waals surface area contributed by atoms with E-state index < -0.39 is 0 Å². The fourth-order valence-corrected chi connectivity index (χ4v) is 5.64. The summed E-state index contributed by atoms with van der Waals surface area (Å²) < 4.78 is 6.13. The number of aromatic nitrogens is 1. The molecule has 2 nitrogen and oxygen atoms in total. The summed E-state index contributed by atoms with van der Waals surface area (Å²) in [5.41, 5.74) is 10.1. The first-order valence-corrected chi connectivity index (χ1v) is 12.7. The summed E-state index contributed by atoms with van der Waals surface area (Å²) in [6.07, 6.45) is 0.